The van der Waals surface area contributed by atoms with E-state index in [1.54, 1.807) is 0 Å². The fraction of sp³-hybridized carbons (Fsp3) is 1.00. The van der Waals surface area contributed by atoms with Crippen molar-refractivity contribution in [2.45, 2.75) is 13.0 Å². The van der Waals surface area contributed by atoms with Crippen LogP contribution >= 0.6 is 0 Å². The molecule has 0 heterocycles. The molecule has 0 aromatic carbocycles. The fourth-order valence-corrected chi connectivity index (χ4v) is 0. The molecule has 0 spiro atoms. The largest absolute Gasteiger partial charge is 0.394 e. The summed E-state index contributed by atoms with van der Waals surface area (Å²) in [6.07, 6.45) is -0.560. The first-order valence-electron chi connectivity index (χ1n) is 2.43. The average molecular weight is 206 g/mol. The molecule has 0 bridgehead atoms. The van der Waals surface area contributed by atoms with Gasteiger partial charge in [-0.25, -0.2) is 8.42 Å². The Labute approximate surface area is 68.2 Å². The zero-order chi connectivity index (χ0) is 9.44. The Kier molecular flexibility index (Phi) is 10.3. The number of hydrogen-bond donors (Lipinski definition) is 4. The molecule has 6 nitrogen and oxygen atoms in total. The monoisotopic (exact) mass is 206 g/mol. The predicted octanol–water partition coefficient (Wildman–Crippen LogP) is -1.30. The third-order valence-electron chi connectivity index (χ3n) is 0.386. The molecule has 0 aliphatic rings. The van der Waals surface area contributed by atoms with E-state index in [9.17, 15) is 8.42 Å². The van der Waals surface area contributed by atoms with Gasteiger partial charge in [0.2, 0.25) is 0 Å². The highest BCUT2D eigenvalue weighted by Gasteiger charge is 1.95. The Morgan fingerprint density at radius 2 is 1.45 bits per heavy atom. The minimum Gasteiger partial charge on any atom is -0.394 e. The molecule has 0 fully saturated rings. The van der Waals surface area contributed by atoms with E-state index >= 15 is 0 Å². The summed E-state index contributed by atoms with van der Waals surface area (Å²) in [4.78, 5) is 0. The standard InChI is InChI=1S/C3H8O2.H2O4S2/c1-3(5)2-4;1-5(2)6(3)4/h3-5H,2H2,1H3;(H,1,2)(H,3,4). The van der Waals surface area contributed by atoms with Gasteiger partial charge in [0, 0.05) is 0 Å². The fourth-order valence-electron chi connectivity index (χ4n) is 0. The lowest BCUT2D eigenvalue weighted by Crippen LogP contribution is -2.03. The molecule has 0 aromatic heterocycles. The molecule has 0 saturated heterocycles. The second kappa shape index (κ2) is 8.24. The van der Waals surface area contributed by atoms with Gasteiger partial charge < -0.3 is 10.2 Å². The van der Waals surface area contributed by atoms with Crippen LogP contribution in [0.15, 0.2) is 0 Å². The molecular formula is C3H10O6S2. The van der Waals surface area contributed by atoms with Crippen LogP contribution in [0.4, 0.5) is 0 Å². The van der Waals surface area contributed by atoms with Crippen LogP contribution in [0.5, 0.6) is 0 Å². The molecule has 0 amide bonds. The van der Waals surface area contributed by atoms with Crippen LogP contribution in [0, 0.1) is 0 Å². The minimum absolute atomic E-state index is 0.139. The molecule has 11 heavy (non-hydrogen) atoms. The first-order chi connectivity index (χ1) is 4.91. The third kappa shape index (κ3) is 17.8. The average Bonchev–Trinajstić information content (AvgIpc) is 1.89. The van der Waals surface area contributed by atoms with Crippen molar-refractivity contribution in [3.05, 3.63) is 0 Å². The highest BCUT2D eigenvalue weighted by molar-refractivity contribution is 8.56. The van der Waals surface area contributed by atoms with E-state index in [4.69, 9.17) is 19.3 Å². The van der Waals surface area contributed by atoms with E-state index < -0.39 is 26.3 Å². The van der Waals surface area contributed by atoms with Crippen molar-refractivity contribution >= 4 is 20.2 Å². The number of aliphatic hydroxyl groups excluding tert-OH is 2. The Bertz CT molecular complexity index is 122. The SMILES string of the molecule is CC(O)CO.O=S(O)S(=O)O. The molecule has 70 valence electrons. The molecule has 8 heteroatoms. The van der Waals surface area contributed by atoms with Crippen molar-refractivity contribution in [2.75, 3.05) is 6.61 Å². The van der Waals surface area contributed by atoms with Gasteiger partial charge in [0.15, 0.2) is 0 Å². The second-order valence-electron chi connectivity index (χ2n) is 1.47. The zero-order valence-corrected chi connectivity index (χ0v) is 7.34. The first-order valence-corrected chi connectivity index (χ1v) is 5.16. The topological polar surface area (TPSA) is 115 Å². The van der Waals surface area contributed by atoms with Crippen LogP contribution in [0.3, 0.4) is 0 Å². The molecule has 0 radical (unpaired) electrons. The van der Waals surface area contributed by atoms with Crippen LogP contribution in [0.2, 0.25) is 0 Å². The van der Waals surface area contributed by atoms with Crippen LogP contribution in [-0.4, -0.2) is 40.4 Å². The summed E-state index contributed by atoms with van der Waals surface area (Å²) in [6, 6.07) is 0. The predicted molar refractivity (Wildman–Crippen MR) is 40.3 cm³/mol. The molecule has 0 saturated carbocycles. The van der Waals surface area contributed by atoms with Crippen molar-refractivity contribution in [3.63, 3.8) is 0 Å². The van der Waals surface area contributed by atoms with Crippen LogP contribution in [0.25, 0.3) is 0 Å². The minimum atomic E-state index is -2.59. The van der Waals surface area contributed by atoms with Crippen LogP contribution in [-0.2, 0) is 20.2 Å². The van der Waals surface area contributed by atoms with Crippen molar-refractivity contribution in [1.29, 1.82) is 0 Å². The van der Waals surface area contributed by atoms with Crippen molar-refractivity contribution in [2.24, 2.45) is 0 Å². The smallest absolute Gasteiger partial charge is 0.274 e. The van der Waals surface area contributed by atoms with E-state index in [1.807, 2.05) is 0 Å². The molecule has 3 atom stereocenters. The summed E-state index contributed by atoms with van der Waals surface area (Å²) in [5.41, 5.74) is 0. The van der Waals surface area contributed by atoms with Gasteiger partial charge >= 0.3 is 0 Å². The maximum atomic E-state index is 9.26. The van der Waals surface area contributed by atoms with Gasteiger partial charge in [-0.1, -0.05) is 0 Å². The number of rotatable bonds is 2. The summed E-state index contributed by atoms with van der Waals surface area (Å²) in [6.45, 7) is 1.39. The summed E-state index contributed by atoms with van der Waals surface area (Å²) in [5, 5.41) is 16.0. The van der Waals surface area contributed by atoms with E-state index in [0.29, 0.717) is 0 Å². The maximum Gasteiger partial charge on any atom is 0.274 e. The normalized spacial score (nSPS) is 17.5. The van der Waals surface area contributed by atoms with E-state index in [0.717, 1.165) is 0 Å². The third-order valence-corrected chi connectivity index (χ3v) is 1.36. The van der Waals surface area contributed by atoms with Gasteiger partial charge in [-0.05, 0) is 6.92 Å². The van der Waals surface area contributed by atoms with Crippen molar-refractivity contribution in [1.82, 2.24) is 0 Å². The van der Waals surface area contributed by atoms with Crippen LogP contribution < -0.4 is 0 Å². The van der Waals surface area contributed by atoms with Crippen LogP contribution in [0.1, 0.15) is 6.92 Å². The Hall–Kier alpha value is 0.140. The Morgan fingerprint density at radius 1 is 1.27 bits per heavy atom. The van der Waals surface area contributed by atoms with Gasteiger partial charge in [0.25, 0.3) is 20.2 Å². The highest BCUT2D eigenvalue weighted by atomic mass is 33.2. The maximum absolute atomic E-state index is 9.26. The van der Waals surface area contributed by atoms with E-state index in [1.165, 1.54) is 6.92 Å². The van der Waals surface area contributed by atoms with Gasteiger partial charge in [-0.3, -0.25) is 9.11 Å². The number of hydrogen-bond acceptors (Lipinski definition) is 4. The van der Waals surface area contributed by atoms with Gasteiger partial charge in [-0.15, -0.1) is 0 Å². The zero-order valence-electron chi connectivity index (χ0n) is 5.71. The molecule has 0 aliphatic heterocycles. The van der Waals surface area contributed by atoms with Crippen molar-refractivity contribution < 1.29 is 27.7 Å². The molecule has 3 unspecified atom stereocenters. The lowest BCUT2D eigenvalue weighted by Gasteiger charge is -1.90. The van der Waals surface area contributed by atoms with Gasteiger partial charge in [0.1, 0.15) is 0 Å². The summed E-state index contributed by atoms with van der Waals surface area (Å²) in [7, 11) is -5.18. The molecule has 0 aromatic rings. The summed E-state index contributed by atoms with van der Waals surface area (Å²) < 4.78 is 33.6. The van der Waals surface area contributed by atoms with E-state index in [-0.39, 0.29) is 6.61 Å². The Balaban J connectivity index is 0. The summed E-state index contributed by atoms with van der Waals surface area (Å²) in [5.74, 6) is 0. The lowest BCUT2D eigenvalue weighted by atomic mass is 10.5. The van der Waals surface area contributed by atoms with E-state index in [2.05, 4.69) is 0 Å². The molecule has 0 rings (SSSR count). The molecule has 4 N–H and O–H groups in total. The summed E-state index contributed by atoms with van der Waals surface area (Å²) >= 11 is 0. The number of aliphatic hydroxyl groups is 2. The van der Waals surface area contributed by atoms with Gasteiger partial charge in [0.05, 0.1) is 12.7 Å². The quantitative estimate of drug-likeness (QED) is 0.330. The lowest BCUT2D eigenvalue weighted by molar-refractivity contribution is 0.110. The Morgan fingerprint density at radius 3 is 1.45 bits per heavy atom. The molecule has 0 aliphatic carbocycles. The van der Waals surface area contributed by atoms with Gasteiger partial charge in [-0.2, -0.15) is 0 Å². The first kappa shape index (κ1) is 13.7. The van der Waals surface area contributed by atoms with Crippen molar-refractivity contribution in [3.8, 4) is 0 Å². The highest BCUT2D eigenvalue weighted by Crippen LogP contribution is 1.74. The molecular weight excluding hydrogens is 196 g/mol. The second-order valence-corrected chi connectivity index (χ2v) is 4.05.